The monoisotopic (exact) mass is 374 g/mol. The number of para-hydroxylation sites is 1. The van der Waals surface area contributed by atoms with Crippen LogP contribution < -0.4 is 5.32 Å². The molecule has 4 aromatic rings. The molecule has 0 saturated heterocycles. The summed E-state index contributed by atoms with van der Waals surface area (Å²) in [7, 11) is 0. The van der Waals surface area contributed by atoms with Crippen LogP contribution >= 0.6 is 11.3 Å². The van der Waals surface area contributed by atoms with E-state index in [-0.39, 0.29) is 6.04 Å². The molecule has 1 atom stereocenters. The summed E-state index contributed by atoms with van der Waals surface area (Å²) in [4.78, 5) is 4.67. The third-order valence-corrected chi connectivity index (χ3v) is 5.32. The van der Waals surface area contributed by atoms with Gasteiger partial charge in [0.2, 0.25) is 0 Å². The summed E-state index contributed by atoms with van der Waals surface area (Å²) < 4.78 is 1.91. The van der Waals surface area contributed by atoms with Gasteiger partial charge in [0.15, 0.2) is 0 Å². The van der Waals surface area contributed by atoms with Crippen LogP contribution in [0.4, 0.5) is 0 Å². The number of benzene rings is 1. The Kier molecular flexibility index (Phi) is 5.42. The fourth-order valence-corrected chi connectivity index (χ4v) is 3.82. The van der Waals surface area contributed by atoms with E-state index in [4.69, 9.17) is 0 Å². The average Bonchev–Trinajstić information content (AvgIpc) is 3.40. The quantitative estimate of drug-likeness (QED) is 0.509. The van der Waals surface area contributed by atoms with Crippen LogP contribution in [0.3, 0.4) is 0 Å². The zero-order chi connectivity index (χ0) is 18.5. The van der Waals surface area contributed by atoms with Gasteiger partial charge < -0.3 is 5.32 Å². The second kappa shape index (κ2) is 8.29. The summed E-state index contributed by atoms with van der Waals surface area (Å²) >= 11 is 1.73. The first-order chi connectivity index (χ1) is 13.3. The molecule has 0 fully saturated rings. The molecule has 0 radical (unpaired) electrons. The zero-order valence-corrected chi connectivity index (χ0v) is 16.1. The first kappa shape index (κ1) is 17.6. The molecular weight excluding hydrogens is 352 g/mol. The third kappa shape index (κ3) is 4.32. The molecule has 0 spiro atoms. The van der Waals surface area contributed by atoms with Crippen LogP contribution in [0.5, 0.6) is 0 Å². The van der Waals surface area contributed by atoms with E-state index in [1.807, 2.05) is 29.2 Å². The van der Waals surface area contributed by atoms with Crippen molar-refractivity contribution < 1.29 is 0 Å². The maximum atomic E-state index is 4.67. The fourth-order valence-electron chi connectivity index (χ4n) is 3.14. The molecule has 0 aliphatic carbocycles. The summed E-state index contributed by atoms with van der Waals surface area (Å²) in [6.45, 7) is 2.82. The standard InChI is InChI=1S/C22H22N4S/c1-17-7-8-20(23-14-17)21(13-18-9-12-27-16-18)24-15-19-5-2-3-6-22(19)26-11-4-10-25-26/h2-12,14,16,21,24H,13,15H2,1H3/t21-/m1/s1. The Labute approximate surface area is 163 Å². The van der Waals surface area contributed by atoms with Crippen molar-refractivity contribution in [2.24, 2.45) is 0 Å². The van der Waals surface area contributed by atoms with Crippen molar-refractivity contribution in [2.75, 3.05) is 0 Å². The van der Waals surface area contributed by atoms with Gasteiger partial charge in [-0.3, -0.25) is 4.98 Å². The van der Waals surface area contributed by atoms with Crippen molar-refractivity contribution in [3.63, 3.8) is 0 Å². The topological polar surface area (TPSA) is 42.7 Å². The van der Waals surface area contributed by atoms with Gasteiger partial charge in [-0.15, -0.1) is 0 Å². The molecule has 136 valence electrons. The Morgan fingerprint density at radius 2 is 2.04 bits per heavy atom. The molecule has 0 aliphatic heterocycles. The second-order valence-corrected chi connectivity index (χ2v) is 7.39. The van der Waals surface area contributed by atoms with E-state index in [0.29, 0.717) is 0 Å². The molecule has 4 rings (SSSR count). The SMILES string of the molecule is Cc1ccc([C@@H](Cc2ccsc2)NCc2ccccc2-n2cccn2)nc1. The van der Waals surface area contributed by atoms with Crippen molar-refractivity contribution in [2.45, 2.75) is 25.9 Å². The summed E-state index contributed by atoms with van der Waals surface area (Å²) in [5.74, 6) is 0. The number of pyridine rings is 1. The van der Waals surface area contributed by atoms with E-state index in [0.717, 1.165) is 24.3 Å². The summed E-state index contributed by atoms with van der Waals surface area (Å²) in [6, 6.07) is 16.9. The molecule has 0 aliphatic rings. The molecule has 0 bridgehead atoms. The molecule has 1 aromatic carbocycles. The number of hydrogen-bond acceptors (Lipinski definition) is 4. The van der Waals surface area contributed by atoms with Crippen LogP contribution in [-0.2, 0) is 13.0 Å². The highest BCUT2D eigenvalue weighted by Gasteiger charge is 2.15. The van der Waals surface area contributed by atoms with Crippen molar-refractivity contribution >= 4 is 11.3 Å². The Hall–Kier alpha value is -2.76. The van der Waals surface area contributed by atoms with Crippen LogP contribution in [0.1, 0.15) is 28.4 Å². The number of aromatic nitrogens is 3. The largest absolute Gasteiger partial charge is 0.304 e. The maximum absolute atomic E-state index is 4.67. The van der Waals surface area contributed by atoms with Gasteiger partial charge in [-0.1, -0.05) is 24.3 Å². The van der Waals surface area contributed by atoms with Crippen molar-refractivity contribution in [1.29, 1.82) is 0 Å². The Morgan fingerprint density at radius 3 is 2.78 bits per heavy atom. The van der Waals surface area contributed by atoms with Crippen LogP contribution in [0, 0.1) is 6.92 Å². The Morgan fingerprint density at radius 1 is 1.11 bits per heavy atom. The minimum absolute atomic E-state index is 0.158. The van der Waals surface area contributed by atoms with E-state index in [1.54, 1.807) is 17.5 Å². The highest BCUT2D eigenvalue weighted by molar-refractivity contribution is 7.07. The molecule has 5 heteroatoms. The highest BCUT2D eigenvalue weighted by Crippen LogP contribution is 2.21. The summed E-state index contributed by atoms with van der Waals surface area (Å²) in [5.41, 5.74) is 5.89. The second-order valence-electron chi connectivity index (χ2n) is 6.61. The minimum Gasteiger partial charge on any atom is -0.304 e. The van der Waals surface area contributed by atoms with E-state index in [9.17, 15) is 0 Å². The fraction of sp³-hybridized carbons (Fsp3) is 0.182. The summed E-state index contributed by atoms with van der Waals surface area (Å²) in [5, 5.41) is 12.4. The molecule has 0 saturated carbocycles. The maximum Gasteiger partial charge on any atom is 0.0690 e. The lowest BCUT2D eigenvalue weighted by atomic mass is 10.0. The number of hydrogen-bond donors (Lipinski definition) is 1. The lowest BCUT2D eigenvalue weighted by Gasteiger charge is -2.19. The third-order valence-electron chi connectivity index (χ3n) is 4.59. The van der Waals surface area contributed by atoms with E-state index >= 15 is 0 Å². The zero-order valence-electron chi connectivity index (χ0n) is 15.2. The molecule has 3 aromatic heterocycles. The number of thiophene rings is 1. The van der Waals surface area contributed by atoms with Gasteiger partial charge in [0.1, 0.15) is 0 Å². The molecular formula is C22H22N4S. The Bertz CT molecular complexity index is 960. The number of rotatable bonds is 7. The first-order valence-electron chi connectivity index (χ1n) is 9.04. The molecule has 1 N–H and O–H groups in total. The van der Waals surface area contributed by atoms with Crippen LogP contribution in [0.25, 0.3) is 5.69 Å². The highest BCUT2D eigenvalue weighted by atomic mass is 32.1. The first-order valence-corrected chi connectivity index (χ1v) is 9.99. The predicted molar refractivity (Wildman–Crippen MR) is 110 cm³/mol. The van der Waals surface area contributed by atoms with Gasteiger partial charge in [0, 0.05) is 25.1 Å². The molecule has 0 unspecified atom stereocenters. The number of nitrogens with zero attached hydrogens (tertiary/aromatic N) is 3. The van der Waals surface area contributed by atoms with Crippen LogP contribution in [0.15, 0.2) is 77.9 Å². The van der Waals surface area contributed by atoms with Gasteiger partial charge in [0.25, 0.3) is 0 Å². The van der Waals surface area contributed by atoms with Gasteiger partial charge in [-0.25, -0.2) is 4.68 Å². The van der Waals surface area contributed by atoms with Crippen molar-refractivity contribution in [1.82, 2.24) is 20.1 Å². The van der Waals surface area contributed by atoms with Crippen LogP contribution in [0.2, 0.25) is 0 Å². The molecule has 27 heavy (non-hydrogen) atoms. The van der Waals surface area contributed by atoms with E-state index in [2.05, 4.69) is 69.5 Å². The average molecular weight is 375 g/mol. The van der Waals surface area contributed by atoms with Gasteiger partial charge >= 0.3 is 0 Å². The molecule has 4 nitrogen and oxygen atoms in total. The smallest absolute Gasteiger partial charge is 0.0690 e. The van der Waals surface area contributed by atoms with Gasteiger partial charge in [-0.05, 0) is 65.1 Å². The lowest BCUT2D eigenvalue weighted by molar-refractivity contribution is 0.517. The predicted octanol–water partition coefficient (Wildman–Crippen LogP) is 4.71. The van der Waals surface area contributed by atoms with E-state index < -0.39 is 0 Å². The van der Waals surface area contributed by atoms with Crippen LogP contribution in [-0.4, -0.2) is 14.8 Å². The number of aryl methyl sites for hydroxylation is 1. The normalized spacial score (nSPS) is 12.2. The van der Waals surface area contributed by atoms with E-state index in [1.165, 1.54) is 16.7 Å². The lowest BCUT2D eigenvalue weighted by Crippen LogP contribution is -2.24. The molecule has 3 heterocycles. The Balaban J connectivity index is 1.56. The molecule has 0 amide bonds. The number of nitrogens with one attached hydrogen (secondary N) is 1. The summed E-state index contributed by atoms with van der Waals surface area (Å²) in [6.07, 6.45) is 6.64. The van der Waals surface area contributed by atoms with Crippen molar-refractivity contribution in [3.05, 3.63) is 100 Å². The van der Waals surface area contributed by atoms with Gasteiger partial charge in [-0.2, -0.15) is 16.4 Å². The van der Waals surface area contributed by atoms with Gasteiger partial charge in [0.05, 0.1) is 17.4 Å². The minimum atomic E-state index is 0.158. The van der Waals surface area contributed by atoms with Crippen molar-refractivity contribution in [3.8, 4) is 5.69 Å².